The van der Waals surface area contributed by atoms with Crippen molar-refractivity contribution in [3.05, 3.63) is 35.9 Å². The topological polar surface area (TPSA) is 41.6 Å². The fourth-order valence-electron chi connectivity index (χ4n) is 3.02. The Morgan fingerprint density at radius 2 is 2.09 bits per heavy atom. The van der Waals surface area contributed by atoms with E-state index in [9.17, 15) is 4.79 Å². The monoisotopic (exact) mass is 318 g/mol. The zero-order valence-electron chi connectivity index (χ0n) is 14.6. The van der Waals surface area contributed by atoms with Crippen LogP contribution < -0.4 is 5.32 Å². The van der Waals surface area contributed by atoms with Gasteiger partial charge in [-0.15, -0.1) is 0 Å². The predicted octanol–water partition coefficient (Wildman–Crippen LogP) is 2.83. The van der Waals surface area contributed by atoms with Gasteiger partial charge in [0.15, 0.2) is 0 Å². The molecule has 0 bridgehead atoms. The van der Waals surface area contributed by atoms with Crippen molar-refractivity contribution in [3.8, 4) is 0 Å². The number of likely N-dealkylation sites (tertiary alicyclic amines) is 1. The number of rotatable bonds is 7. The van der Waals surface area contributed by atoms with Crippen molar-refractivity contribution in [2.24, 2.45) is 5.92 Å². The number of hydrogen-bond acceptors (Lipinski definition) is 3. The van der Waals surface area contributed by atoms with Gasteiger partial charge in [-0.3, -0.25) is 9.69 Å². The van der Waals surface area contributed by atoms with Crippen molar-refractivity contribution in [3.63, 3.8) is 0 Å². The Kier molecular flexibility index (Phi) is 7.06. The molecule has 0 aliphatic carbocycles. The van der Waals surface area contributed by atoms with Crippen LogP contribution in [0, 0.1) is 5.92 Å². The molecule has 1 aliphatic rings. The van der Waals surface area contributed by atoms with E-state index in [1.165, 1.54) is 12.8 Å². The van der Waals surface area contributed by atoms with Crippen LogP contribution in [-0.2, 0) is 16.1 Å². The molecule has 1 aliphatic heterocycles. The van der Waals surface area contributed by atoms with Gasteiger partial charge in [-0.2, -0.15) is 0 Å². The maximum Gasteiger partial charge on any atom is 0.248 e. The lowest BCUT2D eigenvalue weighted by Gasteiger charge is -2.35. The average Bonchev–Trinajstić information content (AvgIpc) is 2.58. The summed E-state index contributed by atoms with van der Waals surface area (Å²) in [5, 5.41) is 3.02. The maximum atomic E-state index is 12.2. The van der Waals surface area contributed by atoms with Crippen LogP contribution in [-0.4, -0.2) is 42.6 Å². The summed E-state index contributed by atoms with van der Waals surface area (Å²) in [6.45, 7) is 9.73. The number of hydrogen-bond donors (Lipinski definition) is 1. The highest BCUT2D eigenvalue weighted by Gasteiger charge is 2.22. The third-order valence-corrected chi connectivity index (χ3v) is 4.60. The normalized spacial score (nSPS) is 21.6. The van der Waals surface area contributed by atoms with Gasteiger partial charge in [-0.25, -0.2) is 0 Å². The van der Waals surface area contributed by atoms with E-state index in [2.05, 4.69) is 24.1 Å². The molecule has 23 heavy (non-hydrogen) atoms. The summed E-state index contributed by atoms with van der Waals surface area (Å²) < 4.78 is 5.66. The van der Waals surface area contributed by atoms with E-state index in [0.29, 0.717) is 19.2 Å². The molecule has 1 aromatic carbocycles. The molecule has 1 aromatic rings. The highest BCUT2D eigenvalue weighted by molar-refractivity contribution is 5.80. The lowest BCUT2D eigenvalue weighted by Crippen LogP contribution is -2.47. The van der Waals surface area contributed by atoms with E-state index < -0.39 is 6.10 Å². The molecule has 0 radical (unpaired) electrons. The molecular weight excluding hydrogens is 288 g/mol. The van der Waals surface area contributed by atoms with Crippen LogP contribution in [0.2, 0.25) is 0 Å². The van der Waals surface area contributed by atoms with E-state index in [1.807, 2.05) is 37.3 Å². The largest absolute Gasteiger partial charge is 0.364 e. The fraction of sp³-hybridized carbons (Fsp3) is 0.632. The van der Waals surface area contributed by atoms with Gasteiger partial charge in [0, 0.05) is 19.1 Å². The molecule has 3 unspecified atom stereocenters. The Morgan fingerprint density at radius 1 is 1.35 bits per heavy atom. The van der Waals surface area contributed by atoms with E-state index in [-0.39, 0.29) is 5.91 Å². The van der Waals surface area contributed by atoms with E-state index in [4.69, 9.17) is 4.74 Å². The minimum Gasteiger partial charge on any atom is -0.364 e. The second kappa shape index (κ2) is 9.04. The molecule has 2 rings (SSSR count). The molecular formula is C19H30N2O2. The second-order valence-corrected chi connectivity index (χ2v) is 6.78. The number of amides is 1. The Labute approximate surface area is 140 Å². The van der Waals surface area contributed by atoms with Gasteiger partial charge in [0.2, 0.25) is 5.91 Å². The van der Waals surface area contributed by atoms with Crippen molar-refractivity contribution < 1.29 is 9.53 Å². The number of benzene rings is 1. The Morgan fingerprint density at radius 3 is 2.78 bits per heavy atom. The Bertz CT molecular complexity index is 478. The molecule has 4 heteroatoms. The van der Waals surface area contributed by atoms with Crippen molar-refractivity contribution in [1.82, 2.24) is 10.2 Å². The van der Waals surface area contributed by atoms with Crippen LogP contribution in [0.4, 0.5) is 0 Å². The van der Waals surface area contributed by atoms with Crippen LogP contribution in [0.25, 0.3) is 0 Å². The zero-order valence-corrected chi connectivity index (χ0v) is 14.6. The van der Waals surface area contributed by atoms with Gasteiger partial charge < -0.3 is 10.1 Å². The third kappa shape index (κ3) is 5.96. The molecule has 1 N–H and O–H groups in total. The van der Waals surface area contributed by atoms with Gasteiger partial charge in [0.1, 0.15) is 6.10 Å². The first kappa shape index (κ1) is 18.0. The maximum absolute atomic E-state index is 12.2. The fourth-order valence-corrected chi connectivity index (χ4v) is 3.02. The molecule has 1 saturated heterocycles. The van der Waals surface area contributed by atoms with Crippen LogP contribution in [0.1, 0.15) is 39.2 Å². The molecule has 1 heterocycles. The average molecular weight is 318 g/mol. The second-order valence-electron chi connectivity index (χ2n) is 6.78. The number of nitrogens with zero attached hydrogens (tertiary/aromatic N) is 1. The standard InChI is InChI=1S/C19H30N2O2/c1-15-8-7-11-21(13-15)16(2)12-20-19(22)17(3)23-14-18-9-5-4-6-10-18/h4-6,9-10,15-17H,7-8,11-14H2,1-3H3,(H,20,22). The summed E-state index contributed by atoms with van der Waals surface area (Å²) in [6.07, 6.45) is 2.15. The molecule has 1 amide bonds. The quantitative estimate of drug-likeness (QED) is 0.840. The minimum atomic E-state index is -0.428. The number of ether oxygens (including phenoxy) is 1. The van der Waals surface area contributed by atoms with Crippen LogP contribution in [0.5, 0.6) is 0 Å². The van der Waals surface area contributed by atoms with E-state index in [1.54, 1.807) is 0 Å². The molecule has 4 nitrogen and oxygen atoms in total. The van der Waals surface area contributed by atoms with Gasteiger partial charge in [-0.1, -0.05) is 37.3 Å². The van der Waals surface area contributed by atoms with E-state index in [0.717, 1.165) is 24.6 Å². The number of nitrogens with one attached hydrogen (secondary N) is 1. The predicted molar refractivity (Wildman–Crippen MR) is 93.1 cm³/mol. The number of carbonyl (C=O) groups excluding carboxylic acids is 1. The smallest absolute Gasteiger partial charge is 0.248 e. The van der Waals surface area contributed by atoms with Crippen molar-refractivity contribution >= 4 is 5.91 Å². The number of piperidine rings is 1. The first-order chi connectivity index (χ1) is 11.1. The highest BCUT2D eigenvalue weighted by Crippen LogP contribution is 2.17. The summed E-state index contributed by atoms with van der Waals surface area (Å²) >= 11 is 0. The lowest BCUT2D eigenvalue weighted by atomic mass is 9.99. The number of carbonyl (C=O) groups is 1. The molecule has 1 fully saturated rings. The van der Waals surface area contributed by atoms with Crippen LogP contribution >= 0.6 is 0 Å². The molecule has 3 atom stereocenters. The molecule has 0 saturated carbocycles. The highest BCUT2D eigenvalue weighted by atomic mass is 16.5. The van der Waals surface area contributed by atoms with Crippen LogP contribution in [0.3, 0.4) is 0 Å². The molecule has 0 spiro atoms. The van der Waals surface area contributed by atoms with E-state index >= 15 is 0 Å². The van der Waals surface area contributed by atoms with Crippen molar-refractivity contribution in [2.45, 2.75) is 52.4 Å². The van der Waals surface area contributed by atoms with Gasteiger partial charge in [0.05, 0.1) is 6.61 Å². The first-order valence-electron chi connectivity index (χ1n) is 8.73. The summed E-state index contributed by atoms with van der Waals surface area (Å²) in [5.74, 6) is 0.730. The third-order valence-electron chi connectivity index (χ3n) is 4.60. The zero-order chi connectivity index (χ0) is 16.7. The van der Waals surface area contributed by atoms with Gasteiger partial charge >= 0.3 is 0 Å². The molecule has 128 valence electrons. The van der Waals surface area contributed by atoms with Crippen molar-refractivity contribution in [2.75, 3.05) is 19.6 Å². The Hall–Kier alpha value is -1.39. The SMILES string of the molecule is CC1CCCN(C(C)CNC(=O)C(C)OCc2ccccc2)C1. The summed E-state index contributed by atoms with van der Waals surface area (Å²) in [4.78, 5) is 14.6. The first-order valence-corrected chi connectivity index (χ1v) is 8.73. The minimum absolute atomic E-state index is 0.0298. The Balaban J connectivity index is 1.69. The summed E-state index contributed by atoms with van der Waals surface area (Å²) in [7, 11) is 0. The van der Waals surface area contributed by atoms with Gasteiger partial charge in [0.25, 0.3) is 0 Å². The molecule has 0 aromatic heterocycles. The van der Waals surface area contributed by atoms with Crippen molar-refractivity contribution in [1.29, 1.82) is 0 Å². The van der Waals surface area contributed by atoms with Gasteiger partial charge in [-0.05, 0) is 44.7 Å². The van der Waals surface area contributed by atoms with Crippen LogP contribution in [0.15, 0.2) is 30.3 Å². The summed E-state index contributed by atoms with van der Waals surface area (Å²) in [5.41, 5.74) is 1.09. The summed E-state index contributed by atoms with van der Waals surface area (Å²) in [6, 6.07) is 10.3. The lowest BCUT2D eigenvalue weighted by molar-refractivity contribution is -0.132.